The first kappa shape index (κ1) is 16.6. The third-order valence-corrected chi connectivity index (χ3v) is 3.72. The zero-order chi connectivity index (χ0) is 15.5. The Morgan fingerprint density at radius 2 is 2.10 bits per heavy atom. The van der Waals surface area contributed by atoms with Crippen LogP contribution in [0.4, 0.5) is 4.79 Å². The average molecular weight is 420 g/mol. The minimum atomic E-state index is -0.550. The van der Waals surface area contributed by atoms with E-state index in [2.05, 4.69) is 26.3 Å². The number of nitrogens with zero attached hydrogens (tertiary/aromatic N) is 2. The van der Waals surface area contributed by atoms with Crippen molar-refractivity contribution in [2.24, 2.45) is 0 Å². The van der Waals surface area contributed by atoms with Crippen LogP contribution in [0, 0.1) is 0 Å². The topological polar surface area (TPSA) is 53.4 Å². The molecule has 0 radical (unpaired) electrons. The van der Waals surface area contributed by atoms with Gasteiger partial charge < -0.3 is 8.92 Å². The van der Waals surface area contributed by atoms with Crippen LogP contribution in [0.3, 0.4) is 0 Å². The van der Waals surface area contributed by atoms with E-state index in [9.17, 15) is 4.79 Å². The summed E-state index contributed by atoms with van der Waals surface area (Å²) in [5.74, 6) is 0. The van der Waals surface area contributed by atoms with Gasteiger partial charge in [-0.1, -0.05) is 18.2 Å². The molecule has 0 bridgehead atoms. The molecule has 5 nitrogen and oxygen atoms in total. The van der Waals surface area contributed by atoms with E-state index in [1.54, 1.807) is 0 Å². The van der Waals surface area contributed by atoms with Crippen LogP contribution in [0.2, 0.25) is 0 Å². The highest BCUT2D eigenvalue weighted by molar-refractivity contribution is 14.2. The molecule has 21 heavy (non-hydrogen) atoms. The molecule has 0 aliphatic heterocycles. The largest absolute Gasteiger partial charge is 0.442 e. The van der Waals surface area contributed by atoms with Gasteiger partial charge in [0.1, 0.15) is 5.60 Å². The Morgan fingerprint density at radius 3 is 2.76 bits per heavy atom. The number of para-hydroxylation sites is 1. The lowest BCUT2D eigenvalue weighted by molar-refractivity contribution is 0.0522. The predicted octanol–water partition coefficient (Wildman–Crippen LogP) is 4.38. The number of hydrogen-bond donors (Lipinski definition) is 0. The second kappa shape index (κ2) is 6.97. The lowest BCUT2D eigenvalue weighted by Gasteiger charge is -2.19. The van der Waals surface area contributed by atoms with Crippen molar-refractivity contribution in [3.05, 3.63) is 30.0 Å². The fourth-order valence-corrected chi connectivity index (χ4v) is 2.62. The van der Waals surface area contributed by atoms with E-state index >= 15 is 0 Å². The van der Waals surface area contributed by atoms with Crippen molar-refractivity contribution >= 4 is 47.4 Å². The quantitative estimate of drug-likeness (QED) is 0.418. The molecular formula is C14H17IN2O3S. The van der Waals surface area contributed by atoms with E-state index in [0.717, 1.165) is 16.6 Å². The zero-order valence-electron chi connectivity index (χ0n) is 12.1. The van der Waals surface area contributed by atoms with Crippen molar-refractivity contribution in [3.8, 4) is 0 Å². The Labute approximate surface area is 140 Å². The van der Waals surface area contributed by atoms with Gasteiger partial charge in [0.2, 0.25) is 0 Å². The van der Waals surface area contributed by atoms with E-state index in [4.69, 9.17) is 8.92 Å². The second-order valence-corrected chi connectivity index (χ2v) is 6.93. The Morgan fingerprint density at radius 1 is 1.38 bits per heavy atom. The molecule has 0 fully saturated rings. The first-order valence-electron chi connectivity index (χ1n) is 6.52. The SMILES string of the molecule is CC(C)(C)OC(=O)n1nc(CCOSI)c2ccccc21. The Bertz CT molecular complexity index is 637. The number of ether oxygens (including phenoxy) is 1. The lowest BCUT2D eigenvalue weighted by Crippen LogP contribution is -2.27. The number of hydrogen-bond acceptors (Lipinski definition) is 5. The molecule has 0 spiro atoms. The van der Waals surface area contributed by atoms with Crippen LogP contribution in [-0.4, -0.2) is 28.1 Å². The number of carbonyl (C=O) groups is 1. The molecule has 0 atom stereocenters. The van der Waals surface area contributed by atoms with Crippen LogP contribution in [-0.2, 0) is 15.3 Å². The number of halogens is 1. The molecule has 1 aromatic heterocycles. The minimum absolute atomic E-state index is 0.464. The van der Waals surface area contributed by atoms with E-state index in [1.165, 1.54) is 13.9 Å². The summed E-state index contributed by atoms with van der Waals surface area (Å²) in [4.78, 5) is 12.3. The molecule has 0 unspecified atom stereocenters. The van der Waals surface area contributed by atoms with Crippen molar-refractivity contribution in [3.63, 3.8) is 0 Å². The third kappa shape index (κ3) is 4.33. The summed E-state index contributed by atoms with van der Waals surface area (Å²) in [6, 6.07) is 7.63. The predicted molar refractivity (Wildman–Crippen MR) is 92.6 cm³/mol. The maximum atomic E-state index is 12.3. The van der Waals surface area contributed by atoms with E-state index in [1.807, 2.05) is 45.0 Å². The molecule has 7 heteroatoms. The Kier molecular flexibility index (Phi) is 5.50. The highest BCUT2D eigenvalue weighted by atomic mass is 127. The molecular weight excluding hydrogens is 403 g/mol. The number of fused-ring (bicyclic) bond motifs is 1. The van der Waals surface area contributed by atoms with Crippen LogP contribution < -0.4 is 0 Å². The van der Waals surface area contributed by atoms with Gasteiger partial charge in [-0.25, -0.2) is 4.79 Å². The molecule has 0 saturated heterocycles. The maximum absolute atomic E-state index is 12.3. The van der Waals surface area contributed by atoms with Crippen LogP contribution >= 0.6 is 30.4 Å². The van der Waals surface area contributed by atoms with Crippen LogP contribution in [0.1, 0.15) is 26.5 Å². The lowest BCUT2D eigenvalue weighted by atomic mass is 10.2. The molecule has 114 valence electrons. The van der Waals surface area contributed by atoms with Crippen LogP contribution in [0.5, 0.6) is 0 Å². The summed E-state index contributed by atoms with van der Waals surface area (Å²) in [6.07, 6.45) is 0.181. The summed E-state index contributed by atoms with van der Waals surface area (Å²) < 4.78 is 12.0. The minimum Gasteiger partial charge on any atom is -0.442 e. The molecule has 0 aliphatic carbocycles. The van der Waals surface area contributed by atoms with E-state index in [0.29, 0.717) is 13.0 Å². The number of carbonyl (C=O) groups excluding carboxylic acids is 1. The van der Waals surface area contributed by atoms with Gasteiger partial charge >= 0.3 is 6.09 Å². The highest BCUT2D eigenvalue weighted by Crippen LogP contribution is 2.21. The second-order valence-electron chi connectivity index (χ2n) is 5.49. The van der Waals surface area contributed by atoms with Crippen molar-refractivity contribution in [1.29, 1.82) is 0 Å². The van der Waals surface area contributed by atoms with Crippen molar-refractivity contribution in [2.75, 3.05) is 6.61 Å². The van der Waals surface area contributed by atoms with Crippen molar-refractivity contribution < 1.29 is 13.7 Å². The van der Waals surface area contributed by atoms with Gasteiger partial charge in [0.05, 0.1) is 27.0 Å². The van der Waals surface area contributed by atoms with E-state index in [-0.39, 0.29) is 0 Å². The molecule has 1 heterocycles. The maximum Gasteiger partial charge on any atom is 0.435 e. The van der Waals surface area contributed by atoms with Gasteiger partial charge in [-0.05, 0) is 26.8 Å². The van der Waals surface area contributed by atoms with Gasteiger partial charge in [-0.15, -0.1) is 0 Å². The van der Waals surface area contributed by atoms with Gasteiger partial charge in [-0.3, -0.25) is 0 Å². The van der Waals surface area contributed by atoms with Gasteiger partial charge in [0.25, 0.3) is 0 Å². The Hall–Kier alpha value is -0.800. The molecule has 2 rings (SSSR count). The molecule has 0 aliphatic rings. The monoisotopic (exact) mass is 420 g/mol. The molecule has 2 aromatic rings. The first-order valence-corrected chi connectivity index (χ1v) is 9.81. The molecule has 0 N–H and O–H groups in total. The van der Waals surface area contributed by atoms with Gasteiger partial charge in [0.15, 0.2) is 0 Å². The normalized spacial score (nSPS) is 11.8. The third-order valence-electron chi connectivity index (χ3n) is 2.70. The van der Waals surface area contributed by atoms with Gasteiger partial charge in [-0.2, -0.15) is 9.78 Å². The Balaban J connectivity index is 2.33. The zero-order valence-corrected chi connectivity index (χ0v) is 15.1. The van der Waals surface area contributed by atoms with Crippen molar-refractivity contribution in [1.82, 2.24) is 9.78 Å². The molecule has 0 saturated carbocycles. The molecule has 1 aromatic carbocycles. The smallest absolute Gasteiger partial charge is 0.435 e. The first-order chi connectivity index (χ1) is 9.92. The van der Waals surface area contributed by atoms with Crippen LogP contribution in [0.15, 0.2) is 24.3 Å². The number of aromatic nitrogens is 2. The highest BCUT2D eigenvalue weighted by Gasteiger charge is 2.21. The summed E-state index contributed by atoms with van der Waals surface area (Å²) in [7, 11) is 1.29. The summed E-state index contributed by atoms with van der Waals surface area (Å²) >= 11 is 2.07. The fraction of sp³-hybridized carbons (Fsp3) is 0.429. The standard InChI is InChI=1S/C14H17IN2O3S/c1-14(2,3)20-13(18)17-12-7-5-4-6-10(12)11(16-17)8-9-19-21-15/h4-7H,8-9H2,1-3H3. The summed E-state index contributed by atoms with van der Waals surface area (Å²) in [5, 5.41) is 5.35. The van der Waals surface area contributed by atoms with Crippen LogP contribution in [0.25, 0.3) is 10.9 Å². The number of benzene rings is 1. The average Bonchev–Trinajstić information content (AvgIpc) is 2.77. The fourth-order valence-electron chi connectivity index (χ4n) is 1.93. The van der Waals surface area contributed by atoms with E-state index < -0.39 is 11.7 Å². The molecule has 0 amide bonds. The van der Waals surface area contributed by atoms with Gasteiger partial charge in [0, 0.05) is 33.0 Å². The summed E-state index contributed by atoms with van der Waals surface area (Å²) in [5.41, 5.74) is 1.04. The summed E-state index contributed by atoms with van der Waals surface area (Å²) in [6.45, 7) is 6.05. The number of rotatable bonds is 4. The van der Waals surface area contributed by atoms with Crippen molar-refractivity contribution in [2.45, 2.75) is 32.8 Å².